The number of fused-ring (bicyclic) bond motifs is 1. The van der Waals surface area contributed by atoms with E-state index in [1.807, 2.05) is 55.5 Å². The fourth-order valence-electron chi connectivity index (χ4n) is 2.92. The molecule has 2 heterocycles. The number of thioether (sulfide) groups is 1. The summed E-state index contributed by atoms with van der Waals surface area (Å²) in [6.07, 6.45) is 0. The second kappa shape index (κ2) is 8.16. The van der Waals surface area contributed by atoms with Crippen molar-refractivity contribution in [1.29, 1.82) is 0 Å². The van der Waals surface area contributed by atoms with Crippen molar-refractivity contribution < 1.29 is 4.74 Å². The van der Waals surface area contributed by atoms with Crippen LogP contribution in [0, 0.1) is 6.92 Å². The number of hydrogen-bond donors (Lipinski definition) is 0. The zero-order chi connectivity index (χ0) is 19.5. The van der Waals surface area contributed by atoms with E-state index in [4.69, 9.17) is 9.72 Å². The number of hydrogen-bond acceptors (Lipinski definition) is 6. The van der Waals surface area contributed by atoms with E-state index in [2.05, 4.69) is 10.4 Å². The highest BCUT2D eigenvalue weighted by molar-refractivity contribution is 7.98. The van der Waals surface area contributed by atoms with E-state index in [1.165, 1.54) is 0 Å². The maximum atomic E-state index is 13.2. The molecule has 0 saturated heterocycles. The number of methoxy groups -OCH3 is 1. The summed E-state index contributed by atoms with van der Waals surface area (Å²) >= 11 is 3.17. The fraction of sp³-hybridized carbons (Fsp3) is 0.190. The van der Waals surface area contributed by atoms with E-state index < -0.39 is 0 Å². The molecule has 0 bridgehead atoms. The Kier molecular flexibility index (Phi) is 5.45. The van der Waals surface area contributed by atoms with Crippen LogP contribution in [-0.4, -0.2) is 21.6 Å². The predicted octanol–water partition coefficient (Wildman–Crippen LogP) is 4.51. The lowest BCUT2D eigenvalue weighted by molar-refractivity contribution is 0.414. The van der Waals surface area contributed by atoms with Crippen LogP contribution in [0.4, 0.5) is 0 Å². The number of aryl methyl sites for hydroxylation is 1. The molecule has 0 aliphatic carbocycles. The zero-order valence-corrected chi connectivity index (χ0v) is 17.2. The van der Waals surface area contributed by atoms with Crippen molar-refractivity contribution in [1.82, 2.24) is 14.5 Å². The van der Waals surface area contributed by atoms with E-state index in [-0.39, 0.29) is 5.56 Å². The summed E-state index contributed by atoms with van der Waals surface area (Å²) < 4.78 is 6.97. The van der Waals surface area contributed by atoms with Crippen LogP contribution < -0.4 is 10.3 Å². The molecule has 0 unspecified atom stereocenters. The molecule has 2 aromatic carbocycles. The maximum absolute atomic E-state index is 13.2. The van der Waals surface area contributed by atoms with Gasteiger partial charge in [0.05, 0.1) is 35.3 Å². The Bertz CT molecular complexity index is 1170. The van der Waals surface area contributed by atoms with Gasteiger partial charge in [-0.1, -0.05) is 36.0 Å². The summed E-state index contributed by atoms with van der Waals surface area (Å²) in [7, 11) is 1.64. The van der Waals surface area contributed by atoms with E-state index in [0.29, 0.717) is 22.8 Å². The molecule has 0 amide bonds. The average molecular weight is 410 g/mol. The van der Waals surface area contributed by atoms with Gasteiger partial charge in [0.2, 0.25) is 0 Å². The Morgan fingerprint density at radius 3 is 2.61 bits per heavy atom. The lowest BCUT2D eigenvalue weighted by Gasteiger charge is -2.13. The number of aromatic nitrogens is 3. The smallest absolute Gasteiger partial charge is 0.262 e. The predicted molar refractivity (Wildman–Crippen MR) is 115 cm³/mol. The Labute approximate surface area is 171 Å². The molecule has 4 rings (SSSR count). The molecule has 7 heteroatoms. The standard InChI is InChI=1S/C21H19N3O2S2/c1-14-22-16(12-27-14)13-28-21-23-19-6-4-3-5-18(19)20(25)24(21)11-15-7-9-17(26-2)10-8-15/h3-10,12H,11,13H2,1-2H3. The van der Waals surface area contributed by atoms with Gasteiger partial charge in [-0.25, -0.2) is 9.97 Å². The molecule has 0 saturated carbocycles. The van der Waals surface area contributed by atoms with Crippen molar-refractivity contribution in [2.75, 3.05) is 7.11 Å². The van der Waals surface area contributed by atoms with Crippen molar-refractivity contribution in [2.24, 2.45) is 0 Å². The van der Waals surface area contributed by atoms with Crippen LogP contribution in [0.1, 0.15) is 16.3 Å². The van der Waals surface area contributed by atoms with Gasteiger partial charge in [0, 0.05) is 11.1 Å². The highest BCUT2D eigenvalue weighted by Gasteiger charge is 2.13. The summed E-state index contributed by atoms with van der Waals surface area (Å²) in [5, 5.41) is 4.42. The van der Waals surface area contributed by atoms with Crippen molar-refractivity contribution >= 4 is 34.0 Å². The first-order chi connectivity index (χ1) is 13.6. The third-order valence-electron chi connectivity index (χ3n) is 4.34. The molecule has 0 spiro atoms. The number of para-hydroxylation sites is 1. The molecule has 5 nitrogen and oxygen atoms in total. The van der Waals surface area contributed by atoms with Crippen LogP contribution in [0.25, 0.3) is 10.9 Å². The zero-order valence-electron chi connectivity index (χ0n) is 15.6. The number of thiazole rings is 1. The third-order valence-corrected chi connectivity index (χ3v) is 6.17. The van der Waals surface area contributed by atoms with E-state index in [9.17, 15) is 4.79 Å². The molecular weight excluding hydrogens is 390 g/mol. The van der Waals surface area contributed by atoms with E-state index >= 15 is 0 Å². The van der Waals surface area contributed by atoms with Crippen molar-refractivity contribution in [3.8, 4) is 5.75 Å². The molecule has 0 N–H and O–H groups in total. The van der Waals surface area contributed by atoms with E-state index in [1.54, 1.807) is 34.8 Å². The molecule has 0 aliphatic rings. The van der Waals surface area contributed by atoms with Crippen LogP contribution in [0.2, 0.25) is 0 Å². The first-order valence-corrected chi connectivity index (χ1v) is 10.7. The lowest BCUT2D eigenvalue weighted by atomic mass is 10.2. The van der Waals surface area contributed by atoms with Crippen LogP contribution in [0.3, 0.4) is 0 Å². The SMILES string of the molecule is COc1ccc(Cn2c(SCc3csc(C)n3)nc3ccccc3c2=O)cc1. The van der Waals surface area contributed by atoms with Crippen molar-refractivity contribution in [3.63, 3.8) is 0 Å². The van der Waals surface area contributed by atoms with Gasteiger partial charge >= 0.3 is 0 Å². The summed E-state index contributed by atoms with van der Waals surface area (Å²) in [6, 6.07) is 15.2. The van der Waals surface area contributed by atoms with E-state index in [0.717, 1.165) is 27.5 Å². The second-order valence-electron chi connectivity index (χ2n) is 6.30. The minimum atomic E-state index is -0.0293. The lowest BCUT2D eigenvalue weighted by Crippen LogP contribution is -2.24. The number of nitrogens with zero attached hydrogens (tertiary/aromatic N) is 3. The summed E-state index contributed by atoms with van der Waals surface area (Å²) in [5.41, 5.74) is 2.71. The van der Waals surface area contributed by atoms with Crippen molar-refractivity contribution in [3.05, 3.63) is 80.5 Å². The Morgan fingerprint density at radius 1 is 1.11 bits per heavy atom. The van der Waals surface area contributed by atoms with Gasteiger partial charge in [-0.3, -0.25) is 9.36 Å². The molecule has 0 atom stereocenters. The first-order valence-electron chi connectivity index (χ1n) is 8.80. The van der Waals surface area contributed by atoms with Crippen LogP contribution >= 0.6 is 23.1 Å². The minimum absolute atomic E-state index is 0.0293. The van der Waals surface area contributed by atoms with Gasteiger partial charge in [-0.2, -0.15) is 0 Å². The quantitative estimate of drug-likeness (QED) is 0.346. The number of ether oxygens (including phenoxy) is 1. The fourth-order valence-corrected chi connectivity index (χ4v) is 4.53. The molecule has 28 heavy (non-hydrogen) atoms. The third kappa shape index (κ3) is 3.95. The van der Waals surface area contributed by atoms with Gasteiger partial charge in [-0.15, -0.1) is 11.3 Å². The topological polar surface area (TPSA) is 57.0 Å². The van der Waals surface area contributed by atoms with Gasteiger partial charge in [-0.05, 0) is 36.8 Å². The van der Waals surface area contributed by atoms with Gasteiger partial charge in [0.15, 0.2) is 5.16 Å². The Morgan fingerprint density at radius 2 is 1.89 bits per heavy atom. The maximum Gasteiger partial charge on any atom is 0.262 e. The number of benzene rings is 2. The van der Waals surface area contributed by atoms with Gasteiger partial charge < -0.3 is 4.74 Å². The molecule has 4 aromatic rings. The molecule has 0 radical (unpaired) electrons. The Hall–Kier alpha value is -2.64. The normalized spacial score (nSPS) is 11.1. The van der Waals surface area contributed by atoms with Crippen LogP contribution in [-0.2, 0) is 12.3 Å². The molecule has 0 fully saturated rings. The molecule has 2 aromatic heterocycles. The van der Waals surface area contributed by atoms with Gasteiger partial charge in [0.25, 0.3) is 5.56 Å². The highest BCUT2D eigenvalue weighted by Crippen LogP contribution is 2.24. The second-order valence-corrected chi connectivity index (χ2v) is 8.30. The summed E-state index contributed by atoms with van der Waals surface area (Å²) in [5.74, 6) is 1.47. The van der Waals surface area contributed by atoms with Crippen molar-refractivity contribution in [2.45, 2.75) is 24.4 Å². The largest absolute Gasteiger partial charge is 0.497 e. The first kappa shape index (κ1) is 18.7. The molecule has 0 aliphatic heterocycles. The van der Waals surface area contributed by atoms with Gasteiger partial charge in [0.1, 0.15) is 5.75 Å². The summed E-state index contributed by atoms with van der Waals surface area (Å²) in [6.45, 7) is 2.45. The monoisotopic (exact) mass is 409 g/mol. The van der Waals surface area contributed by atoms with Crippen LogP contribution in [0.5, 0.6) is 5.75 Å². The summed E-state index contributed by atoms with van der Waals surface area (Å²) in [4.78, 5) is 22.4. The molecular formula is C21H19N3O2S2. The average Bonchev–Trinajstić information content (AvgIpc) is 3.14. The Balaban J connectivity index is 1.72. The minimum Gasteiger partial charge on any atom is -0.497 e. The number of rotatable bonds is 6. The van der Waals surface area contributed by atoms with Crippen LogP contribution in [0.15, 0.2) is 63.9 Å². The highest BCUT2D eigenvalue weighted by atomic mass is 32.2. The molecule has 142 valence electrons.